The monoisotopic (exact) mass is 412 g/mol. The smallest absolute Gasteiger partial charge is 0.410 e. The molecule has 1 aromatic carbocycles. The minimum atomic E-state index is -0.555. The first-order valence-corrected chi connectivity index (χ1v) is 10.3. The van der Waals surface area contributed by atoms with E-state index in [1.165, 1.54) is 0 Å². The van der Waals surface area contributed by atoms with Crippen molar-refractivity contribution in [1.29, 1.82) is 0 Å². The molecule has 30 heavy (non-hydrogen) atoms. The Kier molecular flexibility index (Phi) is 5.40. The number of morpholine rings is 1. The lowest BCUT2D eigenvalue weighted by Gasteiger charge is -2.47. The van der Waals surface area contributed by atoms with Crippen LogP contribution in [-0.4, -0.2) is 59.8 Å². The molecule has 2 bridgehead atoms. The molecule has 2 unspecified atom stereocenters. The van der Waals surface area contributed by atoms with E-state index in [1.54, 1.807) is 18.1 Å². The lowest BCUT2D eigenvalue weighted by atomic mass is 9.80. The van der Waals surface area contributed by atoms with E-state index in [0.29, 0.717) is 37.5 Å². The molecule has 2 saturated heterocycles. The molecule has 0 radical (unpaired) electrons. The van der Waals surface area contributed by atoms with Crippen molar-refractivity contribution in [3.05, 3.63) is 35.9 Å². The van der Waals surface area contributed by atoms with Crippen LogP contribution in [-0.2, 0) is 9.47 Å². The molecule has 2 atom stereocenters. The Balaban J connectivity index is 1.52. The molecule has 2 fully saturated rings. The minimum Gasteiger partial charge on any atom is -0.481 e. The largest absolute Gasteiger partial charge is 0.481 e. The number of rotatable bonds is 3. The second kappa shape index (κ2) is 7.87. The maximum Gasteiger partial charge on any atom is 0.410 e. The second-order valence-electron chi connectivity index (χ2n) is 9.03. The molecular formula is C23H28N2O5. The molecule has 7 nitrogen and oxygen atoms in total. The Bertz CT molecular complexity index is 954. The van der Waals surface area contributed by atoms with E-state index in [0.717, 1.165) is 10.9 Å². The van der Waals surface area contributed by atoms with Gasteiger partial charge in [0.05, 0.1) is 37.9 Å². The number of piperidine rings is 1. The molecule has 4 rings (SSSR count). The summed E-state index contributed by atoms with van der Waals surface area (Å²) in [6, 6.07) is 8.97. The van der Waals surface area contributed by atoms with Gasteiger partial charge in [-0.25, -0.2) is 9.78 Å². The predicted molar refractivity (Wildman–Crippen MR) is 112 cm³/mol. The summed E-state index contributed by atoms with van der Waals surface area (Å²) in [6.45, 7) is 6.44. The highest BCUT2D eigenvalue weighted by molar-refractivity contribution is 6.01. The number of amides is 1. The first-order chi connectivity index (χ1) is 14.2. The minimum absolute atomic E-state index is 0.105. The normalized spacial score (nSPS) is 23.9. The number of ether oxygens (including phenoxy) is 3. The first kappa shape index (κ1) is 20.6. The zero-order valence-corrected chi connectivity index (χ0v) is 17.9. The number of Topliss-reactive ketones (excluding diaryl/α,β-unsaturated/α-hetero) is 1. The highest BCUT2D eigenvalue weighted by Gasteiger charge is 2.45. The van der Waals surface area contributed by atoms with Gasteiger partial charge in [0.1, 0.15) is 5.60 Å². The Morgan fingerprint density at radius 1 is 1.10 bits per heavy atom. The zero-order chi connectivity index (χ0) is 21.5. The Morgan fingerprint density at radius 3 is 2.43 bits per heavy atom. The van der Waals surface area contributed by atoms with Gasteiger partial charge in [-0.2, -0.15) is 0 Å². The van der Waals surface area contributed by atoms with Crippen LogP contribution in [0.5, 0.6) is 5.88 Å². The fourth-order valence-corrected chi connectivity index (χ4v) is 4.35. The third-order valence-electron chi connectivity index (χ3n) is 5.65. The van der Waals surface area contributed by atoms with Crippen LogP contribution in [0.4, 0.5) is 4.79 Å². The van der Waals surface area contributed by atoms with Gasteiger partial charge in [-0.1, -0.05) is 0 Å². The first-order valence-electron chi connectivity index (χ1n) is 10.3. The number of hydrogen-bond acceptors (Lipinski definition) is 6. The van der Waals surface area contributed by atoms with E-state index < -0.39 is 5.60 Å². The summed E-state index contributed by atoms with van der Waals surface area (Å²) in [6.07, 6.45) is 0.832. The summed E-state index contributed by atoms with van der Waals surface area (Å²) in [7, 11) is 1.58. The summed E-state index contributed by atoms with van der Waals surface area (Å²) < 4.78 is 16.4. The number of hydrogen-bond donors (Lipinski definition) is 0. The highest BCUT2D eigenvalue weighted by Crippen LogP contribution is 2.35. The van der Waals surface area contributed by atoms with E-state index in [2.05, 4.69) is 4.98 Å². The van der Waals surface area contributed by atoms with Gasteiger partial charge in [0.25, 0.3) is 0 Å². The lowest BCUT2D eigenvalue weighted by molar-refractivity contribution is -0.0861. The molecule has 1 amide bonds. The number of methoxy groups -OCH3 is 1. The molecule has 160 valence electrons. The Morgan fingerprint density at radius 2 is 1.80 bits per heavy atom. The van der Waals surface area contributed by atoms with Gasteiger partial charge >= 0.3 is 6.09 Å². The molecule has 0 spiro atoms. The van der Waals surface area contributed by atoms with Crippen LogP contribution < -0.4 is 4.74 Å². The molecule has 2 aliphatic heterocycles. The number of fused-ring (bicyclic) bond motifs is 3. The summed E-state index contributed by atoms with van der Waals surface area (Å²) in [5.41, 5.74) is 0.904. The summed E-state index contributed by atoms with van der Waals surface area (Å²) >= 11 is 0. The van der Waals surface area contributed by atoms with Crippen LogP contribution in [0.3, 0.4) is 0 Å². The molecule has 0 saturated carbocycles. The maximum atomic E-state index is 13.3. The highest BCUT2D eigenvalue weighted by atomic mass is 16.6. The van der Waals surface area contributed by atoms with Crippen molar-refractivity contribution < 1.29 is 23.8 Å². The number of ketones is 1. The van der Waals surface area contributed by atoms with Crippen molar-refractivity contribution in [1.82, 2.24) is 9.88 Å². The van der Waals surface area contributed by atoms with Crippen LogP contribution in [0.25, 0.3) is 10.9 Å². The maximum absolute atomic E-state index is 13.3. The van der Waals surface area contributed by atoms with Crippen molar-refractivity contribution in [2.24, 2.45) is 5.92 Å². The van der Waals surface area contributed by atoms with E-state index in [-0.39, 0.29) is 29.9 Å². The fraction of sp³-hybridized carbons (Fsp3) is 0.522. The predicted octanol–water partition coefficient (Wildman–Crippen LogP) is 3.84. The number of pyridine rings is 1. The molecule has 2 aliphatic rings. The van der Waals surface area contributed by atoms with Crippen LogP contribution in [0.15, 0.2) is 30.3 Å². The number of carbonyl (C=O) groups excluding carboxylic acids is 2. The summed E-state index contributed by atoms with van der Waals surface area (Å²) in [5, 5.41) is 0.899. The Hall–Kier alpha value is -2.67. The quantitative estimate of drug-likeness (QED) is 0.713. The van der Waals surface area contributed by atoms with Crippen molar-refractivity contribution in [3.63, 3.8) is 0 Å². The zero-order valence-electron chi connectivity index (χ0n) is 17.9. The summed E-state index contributed by atoms with van der Waals surface area (Å²) in [5.74, 6) is 0.503. The number of carbonyl (C=O) groups is 2. The van der Waals surface area contributed by atoms with Gasteiger partial charge < -0.3 is 14.2 Å². The van der Waals surface area contributed by atoms with Gasteiger partial charge in [0.15, 0.2) is 5.78 Å². The van der Waals surface area contributed by atoms with Gasteiger partial charge in [0, 0.05) is 22.9 Å². The second-order valence-corrected chi connectivity index (χ2v) is 9.03. The molecule has 0 N–H and O–H groups in total. The van der Waals surface area contributed by atoms with Gasteiger partial charge in [-0.05, 0) is 57.9 Å². The fourth-order valence-electron chi connectivity index (χ4n) is 4.35. The topological polar surface area (TPSA) is 78.0 Å². The molecule has 3 heterocycles. The average Bonchev–Trinajstić information content (AvgIpc) is 2.70. The van der Waals surface area contributed by atoms with E-state index in [1.807, 2.05) is 45.0 Å². The van der Waals surface area contributed by atoms with E-state index in [4.69, 9.17) is 14.2 Å². The number of nitrogens with zero attached hydrogens (tertiary/aromatic N) is 2. The molecule has 2 aromatic rings. The van der Waals surface area contributed by atoms with Crippen LogP contribution >= 0.6 is 0 Å². The third-order valence-corrected chi connectivity index (χ3v) is 5.65. The van der Waals surface area contributed by atoms with Gasteiger partial charge in [-0.15, -0.1) is 0 Å². The number of benzene rings is 1. The van der Waals surface area contributed by atoms with Crippen LogP contribution in [0, 0.1) is 5.92 Å². The van der Waals surface area contributed by atoms with Crippen molar-refractivity contribution in [3.8, 4) is 5.88 Å². The molecule has 7 heteroatoms. The molecule has 1 aromatic heterocycles. The van der Waals surface area contributed by atoms with Crippen LogP contribution in [0.2, 0.25) is 0 Å². The van der Waals surface area contributed by atoms with Gasteiger partial charge in [0.2, 0.25) is 5.88 Å². The van der Waals surface area contributed by atoms with Gasteiger partial charge in [-0.3, -0.25) is 9.69 Å². The third kappa shape index (κ3) is 4.12. The number of aromatic nitrogens is 1. The van der Waals surface area contributed by atoms with E-state index >= 15 is 0 Å². The average molecular weight is 412 g/mol. The SMILES string of the molecule is COc1ccc2cc(C(=O)C3CC4COCC(C3)N4C(=O)OC(C)(C)C)ccc2n1. The molecule has 0 aliphatic carbocycles. The van der Waals surface area contributed by atoms with E-state index in [9.17, 15) is 9.59 Å². The van der Waals surface area contributed by atoms with Crippen LogP contribution in [0.1, 0.15) is 44.0 Å². The van der Waals surface area contributed by atoms with Crippen molar-refractivity contribution in [2.45, 2.75) is 51.3 Å². The molecular weight excluding hydrogens is 384 g/mol. The van der Waals surface area contributed by atoms with Crippen molar-refractivity contribution >= 4 is 22.8 Å². The lowest BCUT2D eigenvalue weighted by Crippen LogP contribution is -2.60. The standard InChI is InChI=1S/C23H28N2O5/c1-23(2,3)30-22(27)25-17-10-16(11-18(25)13-29-12-17)21(26)15-5-7-19-14(9-15)6-8-20(24-19)28-4/h5-9,16-18H,10-13H2,1-4H3. The Labute approximate surface area is 176 Å². The summed E-state index contributed by atoms with van der Waals surface area (Å²) in [4.78, 5) is 32.2. The van der Waals surface area contributed by atoms with Crippen molar-refractivity contribution in [2.75, 3.05) is 20.3 Å².